The highest BCUT2D eigenvalue weighted by Crippen LogP contribution is 2.32. The molecule has 1 fully saturated rings. The van der Waals surface area contributed by atoms with Gasteiger partial charge in [0, 0.05) is 30.6 Å². The van der Waals surface area contributed by atoms with Crippen LogP contribution in [0.1, 0.15) is 18.4 Å². The largest absolute Gasteiger partial charge is 0.493 e. The van der Waals surface area contributed by atoms with Gasteiger partial charge >= 0.3 is 0 Å². The normalized spacial score (nSPS) is 18.7. The van der Waals surface area contributed by atoms with Crippen LogP contribution in [-0.4, -0.2) is 36.3 Å². The van der Waals surface area contributed by atoms with Crippen molar-refractivity contribution in [2.45, 2.75) is 24.8 Å². The van der Waals surface area contributed by atoms with Crippen LogP contribution < -0.4 is 15.8 Å². The molecule has 0 atom stereocenters. The molecule has 1 saturated heterocycles. The quantitative estimate of drug-likeness (QED) is 0.890. The van der Waals surface area contributed by atoms with E-state index in [4.69, 9.17) is 15.2 Å². The molecule has 2 aliphatic rings. The molecular weight excluding hydrogens is 326 g/mol. The number of ether oxygens (including phenoxy) is 2. The minimum absolute atomic E-state index is 0.186. The van der Waals surface area contributed by atoms with Crippen molar-refractivity contribution in [3.05, 3.63) is 29.1 Å². The summed E-state index contributed by atoms with van der Waals surface area (Å²) in [7, 11) is 0. The maximum Gasteiger partial charge on any atom is 0.246 e. The Hall–Kier alpha value is -1.96. The Morgan fingerprint density at radius 1 is 1.29 bits per heavy atom. The summed E-state index contributed by atoms with van der Waals surface area (Å²) in [6, 6.07) is 6.08. The van der Waals surface area contributed by atoms with E-state index in [0.29, 0.717) is 31.2 Å². The predicted molar refractivity (Wildman–Crippen MR) is 92.4 cm³/mol. The molecule has 0 spiro atoms. The van der Waals surface area contributed by atoms with Gasteiger partial charge in [-0.2, -0.15) is 0 Å². The standard InChI is InChI=1S/C17H19N3O3S/c18-17(4-7-22-8-5-17)15(21)20-16-19-13(10-24-16)11-1-2-14-12(9-11)3-6-23-14/h1-2,9-10H,3-8,18H2,(H,19,20,21). The van der Waals surface area contributed by atoms with Crippen molar-refractivity contribution in [3.8, 4) is 17.0 Å². The van der Waals surface area contributed by atoms with Gasteiger partial charge in [-0.1, -0.05) is 0 Å². The van der Waals surface area contributed by atoms with Crippen LogP contribution >= 0.6 is 11.3 Å². The maximum atomic E-state index is 12.4. The van der Waals surface area contributed by atoms with Gasteiger partial charge in [-0.15, -0.1) is 11.3 Å². The molecule has 0 radical (unpaired) electrons. The molecule has 3 N–H and O–H groups in total. The van der Waals surface area contributed by atoms with Crippen molar-refractivity contribution in [3.63, 3.8) is 0 Å². The van der Waals surface area contributed by atoms with Crippen LogP contribution in [0.25, 0.3) is 11.3 Å². The van der Waals surface area contributed by atoms with Gasteiger partial charge < -0.3 is 20.5 Å². The third-order valence-electron chi connectivity index (χ3n) is 4.55. The zero-order valence-corrected chi connectivity index (χ0v) is 14.0. The lowest BCUT2D eigenvalue weighted by Gasteiger charge is -2.31. The SMILES string of the molecule is NC1(C(=O)Nc2nc(-c3ccc4c(c3)CCO4)cs2)CCOCC1. The number of nitrogens with one attached hydrogen (secondary N) is 1. The molecule has 126 valence electrons. The van der Waals surface area contributed by atoms with Gasteiger partial charge in [0.1, 0.15) is 11.3 Å². The molecule has 1 aromatic carbocycles. The molecule has 2 aromatic rings. The molecular formula is C17H19N3O3S. The summed E-state index contributed by atoms with van der Waals surface area (Å²) in [5, 5.41) is 5.37. The smallest absolute Gasteiger partial charge is 0.246 e. The molecule has 0 aliphatic carbocycles. The first-order valence-electron chi connectivity index (χ1n) is 8.04. The molecule has 0 bridgehead atoms. The van der Waals surface area contributed by atoms with Gasteiger partial charge in [0.25, 0.3) is 0 Å². The fraction of sp³-hybridized carbons (Fsp3) is 0.412. The second-order valence-electron chi connectivity index (χ2n) is 6.18. The summed E-state index contributed by atoms with van der Waals surface area (Å²) in [5.74, 6) is 0.765. The van der Waals surface area contributed by atoms with E-state index < -0.39 is 5.54 Å². The highest BCUT2D eigenvalue weighted by Gasteiger charge is 2.36. The van der Waals surface area contributed by atoms with Crippen molar-refractivity contribution < 1.29 is 14.3 Å². The number of benzene rings is 1. The van der Waals surface area contributed by atoms with Crippen molar-refractivity contribution in [1.29, 1.82) is 0 Å². The van der Waals surface area contributed by atoms with Crippen molar-refractivity contribution in [1.82, 2.24) is 4.98 Å². The summed E-state index contributed by atoms with van der Waals surface area (Å²) in [4.78, 5) is 17.0. The fourth-order valence-electron chi connectivity index (χ4n) is 2.99. The molecule has 1 amide bonds. The number of amides is 1. The van der Waals surface area contributed by atoms with Crippen LogP contribution in [0, 0.1) is 0 Å². The van der Waals surface area contributed by atoms with Crippen molar-refractivity contribution in [2.75, 3.05) is 25.1 Å². The van der Waals surface area contributed by atoms with Crippen LogP contribution in [0.15, 0.2) is 23.6 Å². The zero-order chi connectivity index (χ0) is 16.6. The third kappa shape index (κ3) is 2.90. The number of carbonyl (C=O) groups is 1. The summed E-state index contributed by atoms with van der Waals surface area (Å²) in [6.45, 7) is 1.77. The average molecular weight is 345 g/mol. The Morgan fingerprint density at radius 3 is 2.96 bits per heavy atom. The number of rotatable bonds is 3. The first-order chi connectivity index (χ1) is 11.6. The molecule has 24 heavy (non-hydrogen) atoms. The zero-order valence-electron chi connectivity index (χ0n) is 13.2. The number of nitrogens with two attached hydrogens (primary N) is 1. The summed E-state index contributed by atoms with van der Waals surface area (Å²) >= 11 is 1.41. The van der Waals surface area contributed by atoms with E-state index in [0.717, 1.165) is 30.0 Å². The summed E-state index contributed by atoms with van der Waals surface area (Å²) in [5.41, 5.74) is 8.42. The van der Waals surface area contributed by atoms with E-state index in [1.54, 1.807) is 0 Å². The molecule has 4 rings (SSSR count). The Morgan fingerprint density at radius 2 is 2.12 bits per heavy atom. The number of fused-ring (bicyclic) bond motifs is 1. The van der Waals surface area contributed by atoms with E-state index in [2.05, 4.69) is 16.4 Å². The number of anilines is 1. The minimum Gasteiger partial charge on any atom is -0.493 e. The second kappa shape index (κ2) is 6.16. The van der Waals surface area contributed by atoms with Gasteiger partial charge in [-0.25, -0.2) is 4.98 Å². The van der Waals surface area contributed by atoms with Gasteiger partial charge in [-0.3, -0.25) is 4.79 Å². The number of nitrogens with zero attached hydrogens (tertiary/aromatic N) is 1. The number of hydrogen-bond acceptors (Lipinski definition) is 6. The van der Waals surface area contributed by atoms with E-state index in [9.17, 15) is 4.79 Å². The summed E-state index contributed by atoms with van der Waals surface area (Å²) in [6.07, 6.45) is 1.98. The van der Waals surface area contributed by atoms with Crippen LogP contribution in [0.4, 0.5) is 5.13 Å². The first-order valence-corrected chi connectivity index (χ1v) is 8.92. The van der Waals surface area contributed by atoms with Crippen LogP contribution in [0.3, 0.4) is 0 Å². The van der Waals surface area contributed by atoms with Crippen molar-refractivity contribution in [2.24, 2.45) is 5.73 Å². The monoisotopic (exact) mass is 345 g/mol. The van der Waals surface area contributed by atoms with Gasteiger partial charge in [0.05, 0.1) is 12.3 Å². The number of hydrogen-bond donors (Lipinski definition) is 2. The van der Waals surface area contributed by atoms with Gasteiger partial charge in [0.2, 0.25) is 5.91 Å². The topological polar surface area (TPSA) is 86.5 Å². The molecule has 7 heteroatoms. The highest BCUT2D eigenvalue weighted by atomic mass is 32.1. The molecule has 0 unspecified atom stereocenters. The third-order valence-corrected chi connectivity index (χ3v) is 5.30. The van der Waals surface area contributed by atoms with Crippen LogP contribution in [-0.2, 0) is 16.0 Å². The second-order valence-corrected chi connectivity index (χ2v) is 7.04. The van der Waals surface area contributed by atoms with Crippen LogP contribution in [0.5, 0.6) is 5.75 Å². The molecule has 2 aliphatic heterocycles. The van der Waals surface area contributed by atoms with E-state index in [1.165, 1.54) is 16.9 Å². The van der Waals surface area contributed by atoms with Gasteiger partial charge in [-0.05, 0) is 36.6 Å². The van der Waals surface area contributed by atoms with E-state index in [1.807, 2.05) is 17.5 Å². The Kier molecular flexibility index (Phi) is 3.99. The molecule has 3 heterocycles. The number of carbonyl (C=O) groups excluding carboxylic acids is 1. The molecule has 6 nitrogen and oxygen atoms in total. The Balaban J connectivity index is 1.49. The maximum absolute atomic E-state index is 12.4. The summed E-state index contributed by atoms with van der Waals surface area (Å²) < 4.78 is 10.8. The average Bonchev–Trinajstić information content (AvgIpc) is 3.23. The van der Waals surface area contributed by atoms with Crippen LogP contribution in [0.2, 0.25) is 0 Å². The van der Waals surface area contributed by atoms with E-state index in [-0.39, 0.29) is 5.91 Å². The Bertz CT molecular complexity index is 768. The Labute approximate surface area is 144 Å². The predicted octanol–water partition coefficient (Wildman–Crippen LogP) is 2.19. The lowest BCUT2D eigenvalue weighted by molar-refractivity contribution is -0.124. The lowest BCUT2D eigenvalue weighted by atomic mass is 9.90. The minimum atomic E-state index is -0.866. The highest BCUT2D eigenvalue weighted by molar-refractivity contribution is 7.14. The lowest BCUT2D eigenvalue weighted by Crippen LogP contribution is -2.54. The number of aromatic nitrogens is 1. The fourth-order valence-corrected chi connectivity index (χ4v) is 3.71. The van der Waals surface area contributed by atoms with Gasteiger partial charge in [0.15, 0.2) is 5.13 Å². The number of thiazole rings is 1. The van der Waals surface area contributed by atoms with E-state index >= 15 is 0 Å². The first kappa shape index (κ1) is 15.6. The molecule has 1 aromatic heterocycles. The van der Waals surface area contributed by atoms with Crippen molar-refractivity contribution >= 4 is 22.4 Å². The molecule has 0 saturated carbocycles.